The van der Waals surface area contributed by atoms with Gasteiger partial charge in [0, 0.05) is 6.42 Å². The summed E-state index contributed by atoms with van der Waals surface area (Å²) in [6, 6.07) is 10.3. The van der Waals surface area contributed by atoms with E-state index in [-0.39, 0.29) is 5.97 Å². The Morgan fingerprint density at radius 1 is 1.31 bits per heavy atom. The Morgan fingerprint density at radius 2 is 2.00 bits per heavy atom. The first kappa shape index (κ1) is 12.8. The highest BCUT2D eigenvalue weighted by Gasteiger charge is 2.07. The molecule has 2 nitrogen and oxygen atoms in total. The van der Waals surface area contributed by atoms with Crippen LogP contribution in [0.25, 0.3) is 0 Å². The molecule has 0 aliphatic heterocycles. The van der Waals surface area contributed by atoms with Gasteiger partial charge in [0.15, 0.2) is 0 Å². The SMILES string of the molecule is CCCC(=O)OC[C@@H](C)Cc1ccccc1. The van der Waals surface area contributed by atoms with Gasteiger partial charge in [-0.2, -0.15) is 0 Å². The van der Waals surface area contributed by atoms with E-state index in [0.29, 0.717) is 18.9 Å². The minimum absolute atomic E-state index is 0.0811. The Morgan fingerprint density at radius 3 is 2.62 bits per heavy atom. The van der Waals surface area contributed by atoms with E-state index in [9.17, 15) is 4.79 Å². The molecule has 0 saturated carbocycles. The van der Waals surface area contributed by atoms with Crippen molar-refractivity contribution in [3.63, 3.8) is 0 Å². The monoisotopic (exact) mass is 220 g/mol. The van der Waals surface area contributed by atoms with Crippen molar-refractivity contribution >= 4 is 5.97 Å². The van der Waals surface area contributed by atoms with Crippen LogP contribution in [-0.2, 0) is 16.0 Å². The maximum absolute atomic E-state index is 11.2. The van der Waals surface area contributed by atoms with Crippen molar-refractivity contribution in [2.45, 2.75) is 33.1 Å². The van der Waals surface area contributed by atoms with Gasteiger partial charge in [-0.05, 0) is 24.3 Å². The molecule has 1 rings (SSSR count). The lowest BCUT2D eigenvalue weighted by Crippen LogP contribution is -2.13. The molecule has 0 heterocycles. The summed E-state index contributed by atoms with van der Waals surface area (Å²) in [5, 5.41) is 0. The molecular formula is C14H20O2. The number of hydrogen-bond acceptors (Lipinski definition) is 2. The van der Waals surface area contributed by atoms with Crippen LogP contribution >= 0.6 is 0 Å². The largest absolute Gasteiger partial charge is 0.465 e. The second-order valence-corrected chi connectivity index (χ2v) is 4.23. The standard InChI is InChI=1S/C14H20O2/c1-3-7-14(15)16-11-12(2)10-13-8-5-4-6-9-13/h4-6,8-9,12H,3,7,10-11H2,1-2H3/t12-/m0/s1. The molecule has 1 aromatic rings. The molecule has 2 heteroatoms. The number of carbonyl (C=O) groups excluding carboxylic acids is 1. The molecule has 0 radical (unpaired) electrons. The summed E-state index contributed by atoms with van der Waals surface area (Å²) in [6.07, 6.45) is 2.34. The van der Waals surface area contributed by atoms with Gasteiger partial charge in [0.05, 0.1) is 6.61 Å². The fourth-order valence-electron chi connectivity index (χ4n) is 1.59. The summed E-state index contributed by atoms with van der Waals surface area (Å²) in [7, 11) is 0. The minimum atomic E-state index is -0.0811. The highest BCUT2D eigenvalue weighted by molar-refractivity contribution is 5.69. The average Bonchev–Trinajstić information content (AvgIpc) is 2.28. The van der Waals surface area contributed by atoms with Crippen molar-refractivity contribution in [2.75, 3.05) is 6.61 Å². The van der Waals surface area contributed by atoms with Crippen molar-refractivity contribution in [1.29, 1.82) is 0 Å². The number of rotatable bonds is 6. The quantitative estimate of drug-likeness (QED) is 0.688. The third kappa shape index (κ3) is 4.96. The van der Waals surface area contributed by atoms with Gasteiger partial charge in [-0.3, -0.25) is 4.79 Å². The smallest absolute Gasteiger partial charge is 0.305 e. The first-order chi connectivity index (χ1) is 7.72. The Balaban J connectivity index is 2.26. The maximum Gasteiger partial charge on any atom is 0.305 e. The van der Waals surface area contributed by atoms with E-state index in [1.165, 1.54) is 5.56 Å². The van der Waals surface area contributed by atoms with Crippen LogP contribution in [0.4, 0.5) is 0 Å². The van der Waals surface area contributed by atoms with Gasteiger partial charge in [-0.1, -0.05) is 44.2 Å². The van der Waals surface area contributed by atoms with Gasteiger partial charge in [0.2, 0.25) is 0 Å². The summed E-state index contributed by atoms with van der Waals surface area (Å²) in [5.74, 6) is 0.297. The molecule has 1 aromatic carbocycles. The summed E-state index contributed by atoms with van der Waals surface area (Å²) < 4.78 is 5.18. The van der Waals surface area contributed by atoms with Crippen molar-refractivity contribution in [3.05, 3.63) is 35.9 Å². The number of esters is 1. The second kappa shape index (κ2) is 7.04. The number of ether oxygens (including phenoxy) is 1. The Kier molecular flexibility index (Phi) is 5.62. The Hall–Kier alpha value is -1.31. The fourth-order valence-corrected chi connectivity index (χ4v) is 1.59. The van der Waals surface area contributed by atoms with Crippen LogP contribution in [0.15, 0.2) is 30.3 Å². The molecule has 1 atom stereocenters. The molecule has 0 saturated heterocycles. The minimum Gasteiger partial charge on any atom is -0.465 e. The number of hydrogen-bond donors (Lipinski definition) is 0. The summed E-state index contributed by atoms with van der Waals surface area (Å²) >= 11 is 0. The first-order valence-corrected chi connectivity index (χ1v) is 5.92. The van der Waals surface area contributed by atoms with Crippen LogP contribution < -0.4 is 0 Å². The summed E-state index contributed by atoms with van der Waals surface area (Å²) in [6.45, 7) is 4.61. The van der Waals surface area contributed by atoms with E-state index in [1.54, 1.807) is 0 Å². The lowest BCUT2D eigenvalue weighted by Gasteiger charge is -2.11. The van der Waals surface area contributed by atoms with E-state index in [0.717, 1.165) is 12.8 Å². The summed E-state index contributed by atoms with van der Waals surface area (Å²) in [4.78, 5) is 11.2. The van der Waals surface area contributed by atoms with Crippen molar-refractivity contribution in [2.24, 2.45) is 5.92 Å². The predicted molar refractivity (Wildman–Crippen MR) is 65.2 cm³/mol. The molecule has 16 heavy (non-hydrogen) atoms. The van der Waals surface area contributed by atoms with Gasteiger partial charge in [-0.25, -0.2) is 0 Å². The zero-order chi connectivity index (χ0) is 11.8. The molecular weight excluding hydrogens is 200 g/mol. The van der Waals surface area contributed by atoms with Crippen molar-refractivity contribution in [1.82, 2.24) is 0 Å². The van der Waals surface area contributed by atoms with Crippen LogP contribution in [0.2, 0.25) is 0 Å². The van der Waals surface area contributed by atoms with E-state index in [2.05, 4.69) is 19.1 Å². The fraction of sp³-hybridized carbons (Fsp3) is 0.500. The lowest BCUT2D eigenvalue weighted by atomic mass is 10.0. The van der Waals surface area contributed by atoms with E-state index in [1.807, 2.05) is 25.1 Å². The normalized spacial score (nSPS) is 12.1. The third-order valence-corrected chi connectivity index (χ3v) is 2.41. The van der Waals surface area contributed by atoms with Crippen LogP contribution in [0.5, 0.6) is 0 Å². The molecule has 0 unspecified atom stereocenters. The maximum atomic E-state index is 11.2. The topological polar surface area (TPSA) is 26.3 Å². The number of benzene rings is 1. The Labute approximate surface area is 97.6 Å². The molecule has 0 aliphatic rings. The number of carbonyl (C=O) groups is 1. The van der Waals surface area contributed by atoms with Crippen LogP contribution in [0.1, 0.15) is 32.3 Å². The molecule has 0 aromatic heterocycles. The molecule has 0 fully saturated rings. The highest BCUT2D eigenvalue weighted by Crippen LogP contribution is 2.08. The van der Waals surface area contributed by atoms with Crippen molar-refractivity contribution in [3.8, 4) is 0 Å². The van der Waals surface area contributed by atoms with Gasteiger partial charge in [-0.15, -0.1) is 0 Å². The molecule has 0 amide bonds. The third-order valence-electron chi connectivity index (χ3n) is 2.41. The van der Waals surface area contributed by atoms with Gasteiger partial charge < -0.3 is 4.74 Å². The molecule has 0 bridgehead atoms. The zero-order valence-electron chi connectivity index (χ0n) is 10.1. The molecule has 0 N–H and O–H groups in total. The van der Waals surface area contributed by atoms with Crippen LogP contribution in [0.3, 0.4) is 0 Å². The highest BCUT2D eigenvalue weighted by atomic mass is 16.5. The predicted octanol–water partition coefficient (Wildman–Crippen LogP) is 3.21. The zero-order valence-corrected chi connectivity index (χ0v) is 10.1. The molecule has 0 aliphatic carbocycles. The van der Waals surface area contributed by atoms with E-state index in [4.69, 9.17) is 4.74 Å². The first-order valence-electron chi connectivity index (χ1n) is 5.92. The van der Waals surface area contributed by atoms with E-state index < -0.39 is 0 Å². The van der Waals surface area contributed by atoms with Crippen LogP contribution in [-0.4, -0.2) is 12.6 Å². The van der Waals surface area contributed by atoms with Crippen molar-refractivity contribution < 1.29 is 9.53 Å². The second-order valence-electron chi connectivity index (χ2n) is 4.23. The van der Waals surface area contributed by atoms with Gasteiger partial charge >= 0.3 is 5.97 Å². The molecule has 88 valence electrons. The van der Waals surface area contributed by atoms with Gasteiger partial charge in [0.25, 0.3) is 0 Å². The van der Waals surface area contributed by atoms with Gasteiger partial charge in [0.1, 0.15) is 0 Å². The van der Waals surface area contributed by atoms with E-state index >= 15 is 0 Å². The summed E-state index contributed by atoms with van der Waals surface area (Å²) in [5.41, 5.74) is 1.29. The van der Waals surface area contributed by atoms with Crippen LogP contribution in [0, 0.1) is 5.92 Å². The Bertz CT molecular complexity index is 306. The lowest BCUT2D eigenvalue weighted by molar-refractivity contribution is -0.144. The average molecular weight is 220 g/mol. The molecule has 0 spiro atoms.